The third kappa shape index (κ3) is 32.8. The van der Waals surface area contributed by atoms with Crippen LogP contribution in [0.15, 0.2) is 12.2 Å². The molecule has 0 saturated carbocycles. The second-order valence-electron chi connectivity index (χ2n) is 33.5. The minimum Gasteiger partial charge on any atom is -0.477 e. The molecule has 33 atom stereocenters. The van der Waals surface area contributed by atoms with E-state index in [0.29, 0.717) is 12.8 Å². The highest BCUT2D eigenvalue weighted by Gasteiger charge is 2.60. The number of rotatable bonds is 59. The topological polar surface area (TPSA) is 620 Å². The molecule has 6 rings (SSSR count). The number of unbranched alkanes of at least 4 members (excludes halogenated alkanes) is 29. The SMILES string of the molecule is CCCCCCCCCCCCC/C=C/[C@@H](O)[C@H](CO[C@@H]1OC(CO)[C@@H](O[C@@H]2OC(CO)[C@H](O[C@@H]3OC(CO)[C@H](O)[C@H](O[C@@H]4OC(CO)[C@H](O)[C@H](O[C@@H]5OC(CO[C@]6(C(=O)O)CC(O)[C@@H](NC(C)=O)C([C@H](O)[C@H](O)CO)O6)[C@H](O)[C@H](O)C5O)C4NC(C)=O)C3O)[C@H](O)C2O)[C@H](O)C1O)NC(=O)CCCCCCCCCCCCCCCCCCCCC. The van der Waals surface area contributed by atoms with Gasteiger partial charge >= 0.3 is 5.97 Å². The zero-order valence-corrected chi connectivity index (χ0v) is 71.4. The van der Waals surface area contributed by atoms with E-state index in [9.17, 15) is 121 Å². The second kappa shape index (κ2) is 56.7. The number of ether oxygens (including phenoxy) is 12. The summed E-state index contributed by atoms with van der Waals surface area (Å²) in [5.74, 6) is -7.11. The smallest absolute Gasteiger partial charge is 0.364 e. The van der Waals surface area contributed by atoms with Crippen molar-refractivity contribution in [3.8, 4) is 0 Å². The zero-order valence-electron chi connectivity index (χ0n) is 71.4. The Hall–Kier alpha value is -3.62. The summed E-state index contributed by atoms with van der Waals surface area (Å²) in [6, 6.07) is -4.61. The molecule has 0 radical (unpaired) electrons. The van der Waals surface area contributed by atoms with Crippen molar-refractivity contribution in [2.75, 3.05) is 46.2 Å². The standard InChI is InChI=1S/C83H149N3O36/c1-5-7-9-11-13-15-17-19-20-21-22-23-24-26-28-30-32-34-36-38-58(97)86-49(50(94)37-35-33-31-29-27-25-18-16-14-12-10-8-6-2)45-111-78-69(106)66(103)72(55(43-90)115-78)118-80-70(107)67(104)73(56(44-91)116-80)119-81-71(108)76(64(101)54(42-89)114-81)121-77-60(85-48(4)93)74(63(100)53(41-88)113-77)120-79-68(105)65(102)62(99)57(117-79)46-112-83(82(109)110)39-51(95)59(84-47(3)92)75(122-83)61(98)52(96)40-87/h35,37,49-57,59-81,87-91,94-96,98-108H,5-34,36,38-46H2,1-4H3,(H,84,92)(H,85,93)(H,86,97)(H,109,110)/b37-35+/t49-,50+,51?,52+,53?,54?,55?,56?,57?,59+,60?,61+,62-,63-,64-,65-,66+,67+,68?,69?,70?,71?,72+,73-,74+,75?,76-,77-,78+,79-,80-,81-,83+/m0/s1. The molecule has 0 aromatic heterocycles. The van der Waals surface area contributed by atoms with Gasteiger partial charge < -0.3 is 175 Å². The van der Waals surface area contributed by atoms with Crippen molar-refractivity contribution in [2.24, 2.45) is 0 Å². The van der Waals surface area contributed by atoms with E-state index in [4.69, 9.17) is 56.8 Å². The van der Waals surface area contributed by atoms with Gasteiger partial charge in [0.1, 0.15) is 140 Å². The average molecular weight is 1770 g/mol. The Morgan fingerprint density at radius 2 is 0.828 bits per heavy atom. The van der Waals surface area contributed by atoms with Crippen molar-refractivity contribution in [3.63, 3.8) is 0 Å². The molecule has 23 N–H and O–H groups in total. The maximum Gasteiger partial charge on any atom is 0.364 e. The second-order valence-corrected chi connectivity index (χ2v) is 33.5. The van der Waals surface area contributed by atoms with Crippen LogP contribution in [0.2, 0.25) is 0 Å². The maximum atomic E-state index is 13.6. The number of aliphatic carboxylic acids is 1. The number of allylic oxidation sites excluding steroid dienone is 1. The molecule has 6 aliphatic rings. The van der Waals surface area contributed by atoms with Gasteiger partial charge in [-0.25, -0.2) is 4.79 Å². The first kappa shape index (κ1) is 107. The first-order chi connectivity index (χ1) is 58.5. The van der Waals surface area contributed by atoms with Gasteiger partial charge in [0.15, 0.2) is 31.5 Å². The number of aliphatic hydroxyl groups is 19. The van der Waals surface area contributed by atoms with Crippen LogP contribution in [-0.2, 0) is 76.0 Å². The number of hydrogen-bond donors (Lipinski definition) is 23. The Morgan fingerprint density at radius 1 is 0.434 bits per heavy atom. The van der Waals surface area contributed by atoms with E-state index in [2.05, 4.69) is 29.8 Å². The molecule has 12 unspecified atom stereocenters. The van der Waals surface area contributed by atoms with Gasteiger partial charge in [-0.05, 0) is 19.3 Å². The van der Waals surface area contributed by atoms with Gasteiger partial charge in [0.05, 0.1) is 70.5 Å². The summed E-state index contributed by atoms with van der Waals surface area (Å²) in [4.78, 5) is 51.7. The minimum absolute atomic E-state index is 0.170. The molecule has 0 aromatic rings. The lowest BCUT2D eigenvalue weighted by atomic mass is 9.88. The Morgan fingerprint density at radius 3 is 1.30 bits per heavy atom. The van der Waals surface area contributed by atoms with Crippen LogP contribution in [0, 0.1) is 0 Å². The van der Waals surface area contributed by atoms with E-state index in [1.165, 1.54) is 135 Å². The van der Waals surface area contributed by atoms with Crippen molar-refractivity contribution >= 4 is 23.7 Å². The molecule has 0 spiro atoms. The van der Waals surface area contributed by atoms with Gasteiger partial charge in [0.25, 0.3) is 5.79 Å². The van der Waals surface area contributed by atoms with Crippen molar-refractivity contribution < 1.29 is 178 Å². The van der Waals surface area contributed by atoms with E-state index in [0.717, 1.165) is 65.2 Å². The van der Waals surface area contributed by atoms with Crippen molar-refractivity contribution in [1.29, 1.82) is 0 Å². The fourth-order valence-electron chi connectivity index (χ4n) is 16.4. The number of carboxylic acid groups (broad SMARTS) is 1. The molecular formula is C83H149N3O36. The number of carbonyl (C=O) groups excluding carboxylic acids is 3. The van der Waals surface area contributed by atoms with Gasteiger partial charge in [0, 0.05) is 26.7 Å². The zero-order chi connectivity index (χ0) is 89.6. The Labute approximate surface area is 714 Å². The molecule has 39 heteroatoms. The lowest BCUT2D eigenvalue weighted by molar-refractivity contribution is -0.389. The number of nitrogens with one attached hydrogen (secondary N) is 3. The summed E-state index contributed by atoms with van der Waals surface area (Å²) in [7, 11) is 0. The number of carbonyl (C=O) groups is 4. The lowest BCUT2D eigenvalue weighted by Crippen LogP contribution is -2.70. The molecule has 6 saturated heterocycles. The minimum atomic E-state index is -3.03. The first-order valence-corrected chi connectivity index (χ1v) is 44.6. The molecule has 0 bridgehead atoms. The van der Waals surface area contributed by atoms with E-state index in [1.807, 2.05) is 6.08 Å². The molecule has 0 aliphatic carbocycles. The van der Waals surface area contributed by atoms with Crippen LogP contribution >= 0.6 is 0 Å². The largest absolute Gasteiger partial charge is 0.477 e. The highest BCUT2D eigenvalue weighted by molar-refractivity contribution is 5.77. The number of carboxylic acids is 1. The molecule has 39 nitrogen and oxygen atoms in total. The van der Waals surface area contributed by atoms with Gasteiger partial charge in [-0.3, -0.25) is 14.4 Å². The average Bonchev–Trinajstić information content (AvgIpc) is 0.767. The van der Waals surface area contributed by atoms with Crippen LogP contribution in [0.25, 0.3) is 0 Å². The summed E-state index contributed by atoms with van der Waals surface area (Å²) in [5, 5.41) is 230. The van der Waals surface area contributed by atoms with Gasteiger partial charge in [-0.1, -0.05) is 206 Å². The Kier molecular flexibility index (Phi) is 49.8. The normalized spacial score (nSPS) is 35.6. The summed E-state index contributed by atoms with van der Waals surface area (Å²) in [6.45, 7) is -0.526. The summed E-state index contributed by atoms with van der Waals surface area (Å²) in [5.41, 5.74) is 0. The lowest BCUT2D eigenvalue weighted by Gasteiger charge is -2.50. The van der Waals surface area contributed by atoms with Gasteiger partial charge in [-0.2, -0.15) is 0 Å². The molecule has 3 amide bonds. The van der Waals surface area contributed by atoms with Gasteiger partial charge in [-0.15, -0.1) is 0 Å². The monoisotopic (exact) mass is 1760 g/mol. The van der Waals surface area contributed by atoms with Gasteiger partial charge in [0.2, 0.25) is 17.7 Å². The maximum absolute atomic E-state index is 13.6. The molecule has 6 fully saturated rings. The van der Waals surface area contributed by atoms with Crippen LogP contribution in [0.1, 0.15) is 240 Å². The number of hydrogen-bond acceptors (Lipinski definition) is 35. The molecular weight excluding hydrogens is 1610 g/mol. The van der Waals surface area contributed by atoms with E-state index >= 15 is 0 Å². The van der Waals surface area contributed by atoms with Crippen LogP contribution in [0.4, 0.5) is 0 Å². The highest BCUT2D eigenvalue weighted by atomic mass is 16.8. The van der Waals surface area contributed by atoms with Crippen molar-refractivity contribution in [2.45, 2.75) is 441 Å². The summed E-state index contributed by atoms with van der Waals surface area (Å²) < 4.78 is 70.4. The highest BCUT2D eigenvalue weighted by Crippen LogP contribution is 2.39. The molecule has 712 valence electrons. The molecule has 6 heterocycles. The van der Waals surface area contributed by atoms with Crippen LogP contribution in [0.5, 0.6) is 0 Å². The van der Waals surface area contributed by atoms with Crippen LogP contribution < -0.4 is 16.0 Å². The van der Waals surface area contributed by atoms with Crippen molar-refractivity contribution in [3.05, 3.63) is 12.2 Å². The fourth-order valence-corrected chi connectivity index (χ4v) is 16.4. The molecule has 122 heavy (non-hydrogen) atoms. The van der Waals surface area contributed by atoms with E-state index < -0.39 is 272 Å². The fraction of sp³-hybridized carbons (Fsp3) is 0.928. The quantitative estimate of drug-likeness (QED) is 0.0239. The number of amides is 3. The van der Waals surface area contributed by atoms with Crippen LogP contribution in [-0.4, -0.2) is 374 Å². The predicted octanol–water partition coefficient (Wildman–Crippen LogP) is -1.66. The summed E-state index contributed by atoms with van der Waals surface area (Å²) in [6.07, 6.45) is -19.7. The third-order valence-electron chi connectivity index (χ3n) is 23.7. The molecule has 0 aromatic carbocycles. The Bertz CT molecular complexity index is 2910. The van der Waals surface area contributed by atoms with E-state index in [-0.39, 0.29) is 12.3 Å². The third-order valence-corrected chi connectivity index (χ3v) is 23.7. The number of aliphatic hydroxyl groups excluding tert-OH is 19. The predicted molar refractivity (Wildman–Crippen MR) is 429 cm³/mol. The summed E-state index contributed by atoms with van der Waals surface area (Å²) >= 11 is 0. The van der Waals surface area contributed by atoms with Crippen molar-refractivity contribution in [1.82, 2.24) is 16.0 Å². The molecule has 6 aliphatic heterocycles. The van der Waals surface area contributed by atoms with E-state index in [1.54, 1.807) is 6.08 Å². The van der Waals surface area contributed by atoms with Crippen LogP contribution in [0.3, 0.4) is 0 Å². The Balaban J connectivity index is 1.07. The first-order valence-electron chi connectivity index (χ1n) is 44.6.